The van der Waals surface area contributed by atoms with Gasteiger partial charge in [0.2, 0.25) is 0 Å². The third-order valence-electron chi connectivity index (χ3n) is 3.80. The summed E-state index contributed by atoms with van der Waals surface area (Å²) in [5.41, 5.74) is 1.52. The summed E-state index contributed by atoms with van der Waals surface area (Å²) >= 11 is 0. The Morgan fingerprint density at radius 1 is 1.06 bits per heavy atom. The van der Waals surface area contributed by atoms with E-state index in [2.05, 4.69) is 20.6 Å². The molecule has 0 bridgehead atoms. The molecule has 1 atom stereocenters. The molecule has 10 heteroatoms. The normalized spacial score (nSPS) is 14.3. The fourth-order valence-electron chi connectivity index (χ4n) is 2.82. The van der Waals surface area contributed by atoms with E-state index in [9.17, 15) is 26.2 Å². The number of pyridine rings is 1. The van der Waals surface area contributed by atoms with Crippen LogP contribution in [-0.4, -0.2) is 31.8 Å². The van der Waals surface area contributed by atoms with Crippen LogP contribution in [0.1, 0.15) is 39.8 Å². The van der Waals surface area contributed by atoms with Crippen molar-refractivity contribution < 1.29 is 26.2 Å². The fourth-order valence-corrected chi connectivity index (χ4v) is 4.51. The molecule has 2 aromatic heterocycles. The first-order chi connectivity index (χ1) is 14.1. The van der Waals surface area contributed by atoms with Crippen molar-refractivity contribution in [2.45, 2.75) is 50.7 Å². The SMILES string of the molecule is C=S(=O)(NC(C)(C)C)c1ccc(-c2ccnc3[nH]c(C(F)F)cc23)cc1.CC(F)(F)F. The van der Waals surface area contributed by atoms with Crippen molar-refractivity contribution >= 4 is 26.6 Å². The minimum Gasteiger partial charge on any atom is -0.338 e. The number of nitrogens with one attached hydrogen (secondary N) is 2. The average Bonchev–Trinajstić information content (AvgIpc) is 3.03. The van der Waals surface area contributed by atoms with Gasteiger partial charge in [0.25, 0.3) is 6.43 Å². The Kier molecular flexibility index (Phi) is 7.17. The van der Waals surface area contributed by atoms with Gasteiger partial charge in [-0.3, -0.25) is 0 Å². The lowest BCUT2D eigenvalue weighted by molar-refractivity contribution is -0.110. The van der Waals surface area contributed by atoms with Gasteiger partial charge in [-0.25, -0.2) is 22.7 Å². The summed E-state index contributed by atoms with van der Waals surface area (Å²) in [5, 5.41) is 0.624. The predicted molar refractivity (Wildman–Crippen MR) is 115 cm³/mol. The summed E-state index contributed by atoms with van der Waals surface area (Å²) < 4.78 is 72.8. The molecular formula is C21H24F5N3OS. The lowest BCUT2D eigenvalue weighted by Gasteiger charge is -2.24. The van der Waals surface area contributed by atoms with Gasteiger partial charge in [-0.2, -0.15) is 13.2 Å². The first kappa shape index (κ1) is 24.8. The van der Waals surface area contributed by atoms with E-state index in [1.165, 1.54) is 6.07 Å². The third kappa shape index (κ3) is 7.32. The van der Waals surface area contributed by atoms with Crippen LogP contribution in [0.5, 0.6) is 0 Å². The second-order valence-corrected chi connectivity index (χ2v) is 10.0. The van der Waals surface area contributed by atoms with E-state index in [1.54, 1.807) is 24.4 Å². The molecule has 3 rings (SSSR count). The van der Waals surface area contributed by atoms with E-state index in [4.69, 9.17) is 0 Å². The highest BCUT2D eigenvalue weighted by molar-refractivity contribution is 7.98. The molecule has 3 aromatic rings. The van der Waals surface area contributed by atoms with Gasteiger partial charge in [0.05, 0.1) is 15.4 Å². The van der Waals surface area contributed by atoms with Gasteiger partial charge in [-0.1, -0.05) is 12.1 Å². The maximum atomic E-state index is 13.0. The maximum Gasteiger partial charge on any atom is 0.386 e. The summed E-state index contributed by atoms with van der Waals surface area (Å²) in [4.78, 5) is 7.34. The van der Waals surface area contributed by atoms with Crippen molar-refractivity contribution in [1.29, 1.82) is 0 Å². The molecule has 170 valence electrons. The first-order valence-electron chi connectivity index (χ1n) is 9.16. The zero-order valence-corrected chi connectivity index (χ0v) is 18.3. The van der Waals surface area contributed by atoms with Crippen LogP contribution in [0.25, 0.3) is 22.2 Å². The number of rotatable bonds is 4. The number of H-pyrrole nitrogens is 1. The second kappa shape index (κ2) is 8.96. The lowest BCUT2D eigenvalue weighted by Crippen LogP contribution is -2.40. The van der Waals surface area contributed by atoms with Gasteiger partial charge in [0, 0.05) is 28.9 Å². The summed E-state index contributed by atoms with van der Waals surface area (Å²) in [7, 11) is -2.63. The average molecular weight is 462 g/mol. The molecule has 0 aliphatic heterocycles. The summed E-state index contributed by atoms with van der Waals surface area (Å²) in [6, 6.07) is 10.3. The molecule has 0 saturated heterocycles. The molecule has 0 fully saturated rings. The van der Waals surface area contributed by atoms with Crippen molar-refractivity contribution in [2.75, 3.05) is 0 Å². The van der Waals surface area contributed by atoms with Gasteiger partial charge in [0.15, 0.2) is 0 Å². The van der Waals surface area contributed by atoms with Gasteiger partial charge in [-0.15, -0.1) is 0 Å². The molecule has 1 unspecified atom stereocenters. The molecule has 0 amide bonds. The van der Waals surface area contributed by atoms with E-state index in [-0.39, 0.29) is 18.2 Å². The Morgan fingerprint density at radius 2 is 1.61 bits per heavy atom. The zero-order valence-electron chi connectivity index (χ0n) is 17.5. The number of aromatic nitrogens is 2. The topological polar surface area (TPSA) is 57.8 Å². The van der Waals surface area contributed by atoms with Crippen molar-refractivity contribution in [1.82, 2.24) is 14.7 Å². The number of nitrogens with zero attached hydrogens (tertiary/aromatic N) is 1. The Bertz CT molecular complexity index is 1120. The molecule has 2 N–H and O–H groups in total. The Morgan fingerprint density at radius 3 is 2.10 bits per heavy atom. The van der Waals surface area contributed by atoms with Crippen LogP contribution in [-0.2, 0) is 9.71 Å². The Hall–Kier alpha value is -2.46. The quantitative estimate of drug-likeness (QED) is 0.364. The highest BCUT2D eigenvalue weighted by Crippen LogP contribution is 2.31. The van der Waals surface area contributed by atoms with E-state index in [1.807, 2.05) is 32.9 Å². The minimum absolute atomic E-state index is 0.160. The number of hydrogen-bond acceptors (Lipinski definition) is 2. The highest BCUT2D eigenvalue weighted by atomic mass is 32.2. The van der Waals surface area contributed by atoms with Crippen molar-refractivity contribution in [3.63, 3.8) is 0 Å². The molecule has 0 spiro atoms. The second-order valence-electron chi connectivity index (χ2n) is 7.98. The highest BCUT2D eigenvalue weighted by Gasteiger charge is 2.18. The van der Waals surface area contributed by atoms with E-state index < -0.39 is 22.3 Å². The summed E-state index contributed by atoms with van der Waals surface area (Å²) in [5.74, 6) is 3.82. The monoisotopic (exact) mass is 461 g/mol. The van der Waals surface area contributed by atoms with Crippen LogP contribution >= 0.6 is 0 Å². The van der Waals surface area contributed by atoms with Gasteiger partial charge < -0.3 is 4.98 Å². The van der Waals surface area contributed by atoms with E-state index in [0.29, 0.717) is 15.9 Å². The zero-order chi connectivity index (χ0) is 23.6. The molecule has 31 heavy (non-hydrogen) atoms. The summed E-state index contributed by atoms with van der Waals surface area (Å²) in [6.07, 6.45) is -5.01. The summed E-state index contributed by atoms with van der Waals surface area (Å²) in [6.45, 7) is 5.96. The smallest absolute Gasteiger partial charge is 0.338 e. The molecule has 0 aliphatic rings. The number of benzene rings is 1. The first-order valence-corrected chi connectivity index (χ1v) is 10.9. The largest absolute Gasteiger partial charge is 0.386 e. The Balaban J connectivity index is 0.000000614. The van der Waals surface area contributed by atoms with Crippen LogP contribution in [0.3, 0.4) is 0 Å². The van der Waals surface area contributed by atoms with Crippen LogP contribution in [0.2, 0.25) is 0 Å². The molecular weight excluding hydrogens is 437 g/mol. The number of hydrogen-bond donors (Lipinski definition) is 2. The van der Waals surface area contributed by atoms with Crippen LogP contribution in [0.15, 0.2) is 47.5 Å². The van der Waals surface area contributed by atoms with Gasteiger partial charge in [0.1, 0.15) is 5.65 Å². The molecule has 0 saturated carbocycles. The lowest BCUT2D eigenvalue weighted by atomic mass is 10.0. The number of alkyl halides is 5. The van der Waals surface area contributed by atoms with E-state index >= 15 is 0 Å². The molecule has 0 aliphatic carbocycles. The molecule has 1 aromatic carbocycles. The Labute approximate surface area is 178 Å². The minimum atomic E-state index is -4.00. The standard InChI is InChI=1S/C19H21F2N3OS.C2H3F3/c1-19(2,3)24-26(4,25)13-7-5-12(6-8-13)14-9-10-22-18-15(14)11-16(23-18)17(20)21;1-2(3,4)5/h5-11,17H,4H2,1-3H3,(H,22,23)(H,24,25);1H3. The third-order valence-corrected chi connectivity index (χ3v) is 5.78. The maximum absolute atomic E-state index is 13.0. The number of halogens is 5. The van der Waals surface area contributed by atoms with Crippen molar-refractivity contribution in [2.24, 2.45) is 0 Å². The van der Waals surface area contributed by atoms with Gasteiger partial charge >= 0.3 is 6.18 Å². The predicted octanol–water partition coefficient (Wildman–Crippen LogP) is 6.11. The molecule has 2 heterocycles. The van der Waals surface area contributed by atoms with E-state index in [0.717, 1.165) is 11.1 Å². The van der Waals surface area contributed by atoms with Crippen molar-refractivity contribution in [3.8, 4) is 11.1 Å². The van der Waals surface area contributed by atoms with Crippen LogP contribution in [0.4, 0.5) is 22.0 Å². The van der Waals surface area contributed by atoms with Gasteiger partial charge in [-0.05, 0) is 62.0 Å². The van der Waals surface area contributed by atoms with Crippen LogP contribution < -0.4 is 4.72 Å². The van der Waals surface area contributed by atoms with Crippen LogP contribution in [0, 0.1) is 0 Å². The number of aromatic amines is 1. The fraction of sp³-hybridized carbons (Fsp3) is 0.333. The molecule has 0 radical (unpaired) electrons. The molecule has 4 nitrogen and oxygen atoms in total. The number of fused-ring (bicyclic) bond motifs is 1. The van der Waals surface area contributed by atoms with Crippen molar-refractivity contribution in [3.05, 3.63) is 48.3 Å².